The molecule has 2 aromatic carbocycles. The Hall–Kier alpha value is -1.81. The summed E-state index contributed by atoms with van der Waals surface area (Å²) >= 11 is 3.57. The van der Waals surface area contributed by atoms with E-state index in [4.69, 9.17) is 9.84 Å². The fourth-order valence-corrected chi connectivity index (χ4v) is 3.59. The van der Waals surface area contributed by atoms with E-state index in [1.54, 1.807) is 0 Å². The van der Waals surface area contributed by atoms with Crippen LogP contribution in [0.1, 0.15) is 36.9 Å². The maximum absolute atomic E-state index is 6.13. The van der Waals surface area contributed by atoms with Gasteiger partial charge in [0.2, 0.25) is 0 Å². The lowest BCUT2D eigenvalue weighted by Crippen LogP contribution is -2.39. The number of hydrogen-bond donors (Lipinski definition) is 0. The van der Waals surface area contributed by atoms with E-state index in [0.717, 1.165) is 28.8 Å². The molecule has 2 aliphatic heterocycles. The minimum atomic E-state index is 0.0138. The lowest BCUT2D eigenvalue weighted by molar-refractivity contribution is -0.0188. The van der Waals surface area contributed by atoms with Crippen molar-refractivity contribution >= 4 is 21.6 Å². The molecule has 0 aliphatic carbocycles. The van der Waals surface area contributed by atoms with Crippen molar-refractivity contribution in [2.45, 2.75) is 32.0 Å². The number of hydrazone groups is 1. The first-order valence-electron chi connectivity index (χ1n) is 7.63. The molecule has 3 nitrogen and oxygen atoms in total. The largest absolute Gasteiger partial charge is 0.469 e. The standard InChI is InChI=1S/C18H17BrN2O/c1-2-18-21-16(14-10-13(19)8-9-17(14)22-18)11-15(20-21)12-6-4-3-5-7-12/h3-10,16,18H,2,11H2,1H3/t16-,18+/m1/s1. The van der Waals surface area contributed by atoms with Crippen molar-refractivity contribution in [3.05, 3.63) is 64.1 Å². The molecule has 2 heterocycles. The SMILES string of the molecule is CC[C@@H]1Oc2ccc(Br)cc2[C@H]2CC(c3ccccc3)=NN12. The average Bonchev–Trinajstić information content (AvgIpc) is 3.01. The molecule has 4 heteroatoms. The third-order valence-electron chi connectivity index (χ3n) is 4.29. The van der Waals surface area contributed by atoms with Gasteiger partial charge in [-0.2, -0.15) is 5.10 Å². The summed E-state index contributed by atoms with van der Waals surface area (Å²) in [5.74, 6) is 0.987. The van der Waals surface area contributed by atoms with Crippen LogP contribution in [0.15, 0.2) is 58.1 Å². The molecule has 0 aromatic heterocycles. The first-order valence-corrected chi connectivity index (χ1v) is 8.43. The lowest BCUT2D eigenvalue weighted by Gasteiger charge is -2.37. The number of fused-ring (bicyclic) bond motifs is 3. The molecule has 0 saturated heterocycles. The zero-order valence-electron chi connectivity index (χ0n) is 12.4. The summed E-state index contributed by atoms with van der Waals surface area (Å²) in [5.41, 5.74) is 3.55. The maximum Gasteiger partial charge on any atom is 0.187 e. The highest BCUT2D eigenvalue weighted by molar-refractivity contribution is 9.10. The minimum Gasteiger partial charge on any atom is -0.469 e. The summed E-state index contributed by atoms with van der Waals surface area (Å²) in [4.78, 5) is 0. The van der Waals surface area contributed by atoms with Gasteiger partial charge in [0, 0.05) is 22.9 Å². The summed E-state index contributed by atoms with van der Waals surface area (Å²) in [5, 5.41) is 7.01. The van der Waals surface area contributed by atoms with Crippen molar-refractivity contribution < 1.29 is 4.74 Å². The number of ether oxygens (including phenoxy) is 1. The topological polar surface area (TPSA) is 24.8 Å². The minimum absolute atomic E-state index is 0.0138. The van der Waals surface area contributed by atoms with E-state index in [1.807, 2.05) is 12.1 Å². The average molecular weight is 357 g/mol. The fraction of sp³-hybridized carbons (Fsp3) is 0.278. The summed E-state index contributed by atoms with van der Waals surface area (Å²) in [6.07, 6.45) is 1.85. The Morgan fingerprint density at radius 2 is 2.05 bits per heavy atom. The van der Waals surface area contributed by atoms with E-state index < -0.39 is 0 Å². The second-order valence-electron chi connectivity index (χ2n) is 5.68. The number of hydrogen-bond acceptors (Lipinski definition) is 3. The van der Waals surface area contributed by atoms with E-state index >= 15 is 0 Å². The molecule has 0 N–H and O–H groups in total. The van der Waals surface area contributed by atoms with Gasteiger partial charge in [0.15, 0.2) is 6.23 Å². The van der Waals surface area contributed by atoms with Crippen molar-refractivity contribution in [2.75, 3.05) is 0 Å². The lowest BCUT2D eigenvalue weighted by atomic mass is 9.96. The molecule has 0 fully saturated rings. The summed E-state index contributed by atoms with van der Waals surface area (Å²) < 4.78 is 7.21. The quantitative estimate of drug-likeness (QED) is 0.776. The van der Waals surface area contributed by atoms with E-state index in [2.05, 4.69) is 64.3 Å². The predicted molar refractivity (Wildman–Crippen MR) is 91.0 cm³/mol. The van der Waals surface area contributed by atoms with E-state index in [9.17, 15) is 0 Å². The number of benzene rings is 2. The van der Waals surface area contributed by atoms with Gasteiger partial charge < -0.3 is 4.74 Å². The second-order valence-corrected chi connectivity index (χ2v) is 6.59. The molecule has 0 bridgehead atoms. The molecular weight excluding hydrogens is 340 g/mol. The van der Waals surface area contributed by atoms with Crippen LogP contribution < -0.4 is 4.74 Å². The van der Waals surface area contributed by atoms with Crippen LogP contribution in [0.2, 0.25) is 0 Å². The smallest absolute Gasteiger partial charge is 0.187 e. The Labute approximate surface area is 138 Å². The van der Waals surface area contributed by atoms with Gasteiger partial charge in [-0.15, -0.1) is 0 Å². The zero-order chi connectivity index (χ0) is 15.1. The van der Waals surface area contributed by atoms with Crippen LogP contribution in [-0.2, 0) is 0 Å². The van der Waals surface area contributed by atoms with Crippen molar-refractivity contribution in [3.63, 3.8) is 0 Å². The van der Waals surface area contributed by atoms with Crippen molar-refractivity contribution in [2.24, 2.45) is 5.10 Å². The summed E-state index contributed by atoms with van der Waals surface area (Å²) in [7, 11) is 0. The van der Waals surface area contributed by atoms with Crippen molar-refractivity contribution in [1.82, 2.24) is 5.01 Å². The van der Waals surface area contributed by atoms with Crippen LogP contribution in [0.25, 0.3) is 0 Å². The fourth-order valence-electron chi connectivity index (χ4n) is 3.21. The van der Waals surface area contributed by atoms with Crippen LogP contribution in [-0.4, -0.2) is 16.9 Å². The molecule has 112 valence electrons. The van der Waals surface area contributed by atoms with Crippen LogP contribution in [0, 0.1) is 0 Å². The van der Waals surface area contributed by atoms with Gasteiger partial charge in [-0.05, 0) is 23.8 Å². The van der Waals surface area contributed by atoms with Gasteiger partial charge in [-0.25, -0.2) is 0 Å². The first kappa shape index (κ1) is 13.8. The normalized spacial score (nSPS) is 22.6. The van der Waals surface area contributed by atoms with Crippen LogP contribution in [0.5, 0.6) is 5.75 Å². The van der Waals surface area contributed by atoms with Gasteiger partial charge in [0.25, 0.3) is 0 Å². The number of nitrogens with zero attached hydrogens (tertiary/aromatic N) is 2. The van der Waals surface area contributed by atoms with Gasteiger partial charge >= 0.3 is 0 Å². The van der Waals surface area contributed by atoms with E-state index in [0.29, 0.717) is 0 Å². The predicted octanol–water partition coefficient (Wildman–Crippen LogP) is 4.73. The molecule has 0 radical (unpaired) electrons. The Bertz CT molecular complexity index is 729. The Balaban J connectivity index is 1.75. The van der Waals surface area contributed by atoms with Gasteiger partial charge in [-0.1, -0.05) is 53.2 Å². The number of halogens is 1. The van der Waals surface area contributed by atoms with Gasteiger partial charge in [0.05, 0.1) is 11.8 Å². The molecule has 2 atom stereocenters. The molecular formula is C18H17BrN2O. The highest BCUT2D eigenvalue weighted by atomic mass is 79.9. The van der Waals surface area contributed by atoms with Crippen molar-refractivity contribution in [3.8, 4) is 5.75 Å². The molecule has 2 aliphatic rings. The molecule has 2 aromatic rings. The summed E-state index contributed by atoms with van der Waals surface area (Å²) in [6, 6.07) is 16.9. The van der Waals surface area contributed by atoms with E-state index in [1.165, 1.54) is 11.1 Å². The first-order chi connectivity index (χ1) is 10.8. The monoisotopic (exact) mass is 356 g/mol. The van der Waals surface area contributed by atoms with E-state index in [-0.39, 0.29) is 12.3 Å². The molecule has 0 amide bonds. The van der Waals surface area contributed by atoms with Crippen molar-refractivity contribution in [1.29, 1.82) is 0 Å². The third-order valence-corrected chi connectivity index (χ3v) is 4.78. The summed E-state index contributed by atoms with van der Waals surface area (Å²) in [6.45, 7) is 2.14. The third kappa shape index (κ3) is 2.22. The van der Waals surface area contributed by atoms with Gasteiger partial charge in [0.1, 0.15) is 5.75 Å². The second kappa shape index (κ2) is 5.43. The van der Waals surface area contributed by atoms with Gasteiger partial charge in [-0.3, -0.25) is 5.01 Å². The molecule has 0 unspecified atom stereocenters. The highest BCUT2D eigenvalue weighted by Gasteiger charge is 2.39. The van der Waals surface area contributed by atoms with Crippen LogP contribution in [0.4, 0.5) is 0 Å². The van der Waals surface area contributed by atoms with Crippen LogP contribution >= 0.6 is 15.9 Å². The molecule has 0 spiro atoms. The highest BCUT2D eigenvalue weighted by Crippen LogP contribution is 2.44. The maximum atomic E-state index is 6.13. The molecule has 0 saturated carbocycles. The zero-order valence-corrected chi connectivity index (χ0v) is 14.0. The molecule has 22 heavy (non-hydrogen) atoms. The molecule has 4 rings (SSSR count). The van der Waals surface area contributed by atoms with Crippen LogP contribution in [0.3, 0.4) is 0 Å². The Morgan fingerprint density at radius 3 is 2.82 bits per heavy atom. The Kier molecular flexibility index (Phi) is 3.41. The Morgan fingerprint density at radius 1 is 1.23 bits per heavy atom. The number of rotatable bonds is 2.